The summed E-state index contributed by atoms with van der Waals surface area (Å²) in [7, 11) is 0. The van der Waals surface area contributed by atoms with E-state index in [0.717, 1.165) is 10.5 Å². The average Bonchev–Trinajstić information content (AvgIpc) is 2.64. The van der Waals surface area contributed by atoms with Crippen LogP contribution < -0.4 is 5.32 Å². The van der Waals surface area contributed by atoms with Gasteiger partial charge in [-0.25, -0.2) is 4.39 Å². The van der Waals surface area contributed by atoms with Crippen LogP contribution in [0, 0.1) is 5.82 Å². The molecule has 0 aliphatic rings. The zero-order valence-corrected chi connectivity index (χ0v) is 14.7. The van der Waals surface area contributed by atoms with Crippen molar-refractivity contribution in [2.75, 3.05) is 5.32 Å². The van der Waals surface area contributed by atoms with Crippen LogP contribution in [-0.2, 0) is 4.79 Å². The van der Waals surface area contributed by atoms with Gasteiger partial charge in [-0.05, 0) is 54.1 Å². The van der Waals surface area contributed by atoms with Gasteiger partial charge < -0.3 is 5.32 Å². The topological polar surface area (TPSA) is 29.1 Å². The summed E-state index contributed by atoms with van der Waals surface area (Å²) in [6.07, 6.45) is 0. The lowest BCUT2D eigenvalue weighted by molar-refractivity contribution is -0.115. The monoisotopic (exact) mass is 371 g/mol. The lowest BCUT2D eigenvalue weighted by atomic mass is 10.1. The third kappa shape index (κ3) is 4.84. The summed E-state index contributed by atoms with van der Waals surface area (Å²) in [5, 5.41) is 3.06. The Morgan fingerprint density at radius 2 is 1.56 bits per heavy atom. The molecule has 0 saturated carbocycles. The molecule has 126 valence electrons. The van der Waals surface area contributed by atoms with E-state index in [1.54, 1.807) is 24.3 Å². The summed E-state index contributed by atoms with van der Waals surface area (Å²) >= 11 is 7.36. The first-order valence-corrected chi connectivity index (χ1v) is 8.91. The number of carbonyl (C=O) groups excluding carboxylic acids is 1. The van der Waals surface area contributed by atoms with Gasteiger partial charge in [0, 0.05) is 15.6 Å². The third-order valence-electron chi connectivity index (χ3n) is 3.52. The first-order valence-electron chi connectivity index (χ1n) is 7.65. The SMILES string of the molecule is O=C(Nc1ccc(F)cc1)[C@@H](Sc1ccc(Cl)cc1)c1ccccc1. The molecule has 1 N–H and O–H groups in total. The lowest BCUT2D eigenvalue weighted by Gasteiger charge is -2.17. The Balaban J connectivity index is 1.83. The van der Waals surface area contributed by atoms with Crippen molar-refractivity contribution in [3.63, 3.8) is 0 Å². The van der Waals surface area contributed by atoms with Crippen LogP contribution in [-0.4, -0.2) is 5.91 Å². The molecule has 0 aromatic heterocycles. The number of hydrogen-bond donors (Lipinski definition) is 1. The molecule has 0 radical (unpaired) electrons. The van der Waals surface area contributed by atoms with Gasteiger partial charge in [0.05, 0.1) is 0 Å². The maximum absolute atomic E-state index is 13.0. The zero-order valence-electron chi connectivity index (χ0n) is 13.2. The summed E-state index contributed by atoms with van der Waals surface area (Å²) in [5.74, 6) is -0.508. The van der Waals surface area contributed by atoms with Crippen molar-refractivity contribution >= 4 is 35.0 Å². The molecule has 0 bridgehead atoms. The Labute approximate surface area is 155 Å². The fraction of sp³-hybridized carbons (Fsp3) is 0.0500. The maximum atomic E-state index is 13.0. The van der Waals surface area contributed by atoms with Crippen LogP contribution in [0.25, 0.3) is 0 Å². The highest BCUT2D eigenvalue weighted by atomic mass is 35.5. The second-order valence-corrected chi connectivity index (χ2v) is 6.97. The molecule has 3 rings (SSSR count). The van der Waals surface area contributed by atoms with Crippen molar-refractivity contribution < 1.29 is 9.18 Å². The van der Waals surface area contributed by atoms with E-state index in [1.807, 2.05) is 42.5 Å². The van der Waals surface area contributed by atoms with Crippen LogP contribution in [0.4, 0.5) is 10.1 Å². The summed E-state index contributed by atoms with van der Waals surface area (Å²) < 4.78 is 13.0. The maximum Gasteiger partial charge on any atom is 0.242 e. The van der Waals surface area contributed by atoms with Crippen molar-refractivity contribution in [1.82, 2.24) is 0 Å². The molecule has 0 heterocycles. The fourth-order valence-electron chi connectivity index (χ4n) is 2.29. The molecular weight excluding hydrogens is 357 g/mol. The molecule has 0 fully saturated rings. The van der Waals surface area contributed by atoms with Gasteiger partial charge in [0.2, 0.25) is 5.91 Å². The second-order valence-electron chi connectivity index (χ2n) is 5.36. The largest absolute Gasteiger partial charge is 0.325 e. The number of anilines is 1. The Bertz CT molecular complexity index is 838. The lowest BCUT2D eigenvalue weighted by Crippen LogP contribution is -2.19. The van der Waals surface area contributed by atoms with Crippen molar-refractivity contribution in [1.29, 1.82) is 0 Å². The molecule has 0 spiro atoms. The predicted molar refractivity (Wildman–Crippen MR) is 102 cm³/mol. The van der Waals surface area contributed by atoms with Crippen LogP contribution in [0.1, 0.15) is 10.8 Å². The van der Waals surface area contributed by atoms with Crippen LogP contribution in [0.2, 0.25) is 5.02 Å². The molecule has 0 aliphatic heterocycles. The number of rotatable bonds is 5. The van der Waals surface area contributed by atoms with E-state index in [1.165, 1.54) is 23.9 Å². The minimum atomic E-state index is -0.438. The van der Waals surface area contributed by atoms with E-state index in [9.17, 15) is 9.18 Å². The van der Waals surface area contributed by atoms with E-state index in [4.69, 9.17) is 11.6 Å². The van der Waals surface area contributed by atoms with E-state index < -0.39 is 5.25 Å². The van der Waals surface area contributed by atoms with Crippen molar-refractivity contribution in [2.24, 2.45) is 0 Å². The number of nitrogens with one attached hydrogen (secondary N) is 1. The summed E-state index contributed by atoms with van der Waals surface area (Å²) in [4.78, 5) is 13.8. The summed E-state index contributed by atoms with van der Waals surface area (Å²) in [5.41, 5.74) is 1.45. The van der Waals surface area contributed by atoms with Crippen molar-refractivity contribution in [3.8, 4) is 0 Å². The van der Waals surface area contributed by atoms with E-state index in [0.29, 0.717) is 10.7 Å². The highest BCUT2D eigenvalue weighted by Gasteiger charge is 2.22. The Morgan fingerprint density at radius 1 is 0.920 bits per heavy atom. The van der Waals surface area contributed by atoms with Crippen LogP contribution in [0.15, 0.2) is 83.8 Å². The molecule has 1 amide bonds. The second kappa shape index (κ2) is 8.19. The quantitative estimate of drug-likeness (QED) is 0.561. The van der Waals surface area contributed by atoms with Crippen LogP contribution >= 0.6 is 23.4 Å². The molecule has 5 heteroatoms. The number of benzene rings is 3. The number of amides is 1. The zero-order chi connectivity index (χ0) is 17.6. The van der Waals surface area contributed by atoms with Crippen LogP contribution in [0.3, 0.4) is 0 Å². The van der Waals surface area contributed by atoms with Gasteiger partial charge in [-0.1, -0.05) is 41.9 Å². The third-order valence-corrected chi connectivity index (χ3v) is 5.04. The Hall–Kier alpha value is -2.30. The number of thioether (sulfide) groups is 1. The molecule has 3 aromatic rings. The van der Waals surface area contributed by atoms with Gasteiger partial charge in [0.25, 0.3) is 0 Å². The van der Waals surface area contributed by atoms with Gasteiger partial charge >= 0.3 is 0 Å². The Morgan fingerprint density at radius 3 is 2.20 bits per heavy atom. The van der Waals surface area contributed by atoms with E-state index in [-0.39, 0.29) is 11.7 Å². The summed E-state index contributed by atoms with van der Waals surface area (Å²) in [6, 6.07) is 22.6. The van der Waals surface area contributed by atoms with Gasteiger partial charge in [-0.15, -0.1) is 11.8 Å². The minimum Gasteiger partial charge on any atom is -0.325 e. The number of hydrogen-bond acceptors (Lipinski definition) is 2. The predicted octanol–water partition coefficient (Wildman–Crippen LogP) is 5.95. The summed E-state index contributed by atoms with van der Waals surface area (Å²) in [6.45, 7) is 0. The molecule has 0 unspecified atom stereocenters. The molecule has 2 nitrogen and oxygen atoms in total. The molecule has 0 saturated heterocycles. The molecule has 3 aromatic carbocycles. The van der Waals surface area contributed by atoms with Crippen LogP contribution in [0.5, 0.6) is 0 Å². The molecule has 1 atom stereocenters. The van der Waals surface area contributed by atoms with Gasteiger partial charge in [-0.3, -0.25) is 4.79 Å². The van der Waals surface area contributed by atoms with Gasteiger partial charge in [0.1, 0.15) is 11.1 Å². The smallest absolute Gasteiger partial charge is 0.242 e. The first-order chi connectivity index (χ1) is 12.1. The van der Waals surface area contributed by atoms with E-state index in [2.05, 4.69) is 5.32 Å². The highest BCUT2D eigenvalue weighted by Crippen LogP contribution is 2.36. The molecule has 25 heavy (non-hydrogen) atoms. The molecular formula is C20H15ClFNOS. The van der Waals surface area contributed by atoms with Gasteiger partial charge in [-0.2, -0.15) is 0 Å². The first kappa shape index (κ1) is 17.5. The normalized spacial score (nSPS) is 11.8. The Kier molecular flexibility index (Phi) is 5.74. The van der Waals surface area contributed by atoms with Gasteiger partial charge in [0.15, 0.2) is 0 Å². The fourth-order valence-corrected chi connectivity index (χ4v) is 3.44. The minimum absolute atomic E-state index is 0.169. The standard InChI is InChI=1S/C20H15ClFNOS/c21-15-6-12-18(13-7-15)25-19(14-4-2-1-3-5-14)20(24)23-17-10-8-16(22)9-11-17/h1-13,19H,(H,23,24)/t19-/m0/s1. The highest BCUT2D eigenvalue weighted by molar-refractivity contribution is 8.00. The van der Waals surface area contributed by atoms with Crippen molar-refractivity contribution in [3.05, 3.63) is 95.3 Å². The van der Waals surface area contributed by atoms with Crippen molar-refractivity contribution in [2.45, 2.75) is 10.1 Å². The van der Waals surface area contributed by atoms with E-state index >= 15 is 0 Å². The number of carbonyl (C=O) groups is 1. The molecule has 0 aliphatic carbocycles. The number of halogens is 2. The average molecular weight is 372 g/mol.